The predicted octanol–water partition coefficient (Wildman–Crippen LogP) is 2.70. The van der Waals surface area contributed by atoms with Gasteiger partial charge >= 0.3 is 0 Å². The molecule has 1 aromatic heterocycles. The summed E-state index contributed by atoms with van der Waals surface area (Å²) < 4.78 is 5.20. The Balaban J connectivity index is 1.34. The summed E-state index contributed by atoms with van der Waals surface area (Å²) in [6.45, 7) is 2.48. The minimum Gasteiger partial charge on any atom is -0.497 e. The van der Waals surface area contributed by atoms with Gasteiger partial charge in [-0.05, 0) is 48.9 Å². The first-order valence-corrected chi connectivity index (χ1v) is 10.9. The molecule has 1 aliphatic carbocycles. The maximum atomic E-state index is 12.5. The second kappa shape index (κ2) is 8.47. The van der Waals surface area contributed by atoms with E-state index in [0.717, 1.165) is 19.3 Å². The van der Waals surface area contributed by atoms with Crippen LogP contribution in [0.5, 0.6) is 5.75 Å². The fraction of sp³-hybridized carbons (Fsp3) is 0.409. The SMILES string of the molecule is COc1cccc(N2C[C@@H](C(=O)NNC(=O)c3cc4c(s3)CC[C@H](C)C4)CC2=O)c1. The first-order valence-electron chi connectivity index (χ1n) is 10.1. The zero-order valence-electron chi connectivity index (χ0n) is 17.1. The van der Waals surface area contributed by atoms with Crippen LogP contribution >= 0.6 is 11.3 Å². The number of nitrogens with one attached hydrogen (secondary N) is 2. The summed E-state index contributed by atoms with van der Waals surface area (Å²) in [7, 11) is 1.56. The molecule has 2 aliphatic rings. The van der Waals surface area contributed by atoms with E-state index in [1.54, 1.807) is 30.2 Å². The number of hydrazine groups is 1. The average Bonchev–Trinajstić information content (AvgIpc) is 3.35. The van der Waals surface area contributed by atoms with Gasteiger partial charge in [-0.15, -0.1) is 11.3 Å². The lowest BCUT2D eigenvalue weighted by molar-refractivity contribution is -0.126. The van der Waals surface area contributed by atoms with Crippen LogP contribution in [0.15, 0.2) is 30.3 Å². The lowest BCUT2D eigenvalue weighted by Crippen LogP contribution is -2.45. The number of hydrogen-bond acceptors (Lipinski definition) is 5. The number of methoxy groups -OCH3 is 1. The van der Waals surface area contributed by atoms with E-state index in [0.29, 0.717) is 22.2 Å². The number of ether oxygens (including phenoxy) is 1. The standard InChI is InChI=1S/C22H25N3O4S/c1-13-6-7-18-14(8-13)9-19(30-18)22(28)24-23-21(27)15-10-20(26)25(12-15)16-4-3-5-17(11-16)29-2/h3-5,9,11,13,15H,6-8,10,12H2,1-2H3,(H,23,27)(H,24,28)/t13-,15-/m0/s1. The topological polar surface area (TPSA) is 87.7 Å². The van der Waals surface area contributed by atoms with Crippen LogP contribution in [0, 0.1) is 11.8 Å². The molecule has 3 amide bonds. The Kier molecular flexibility index (Phi) is 5.76. The number of anilines is 1. The molecule has 158 valence electrons. The quantitative estimate of drug-likeness (QED) is 0.735. The second-order valence-corrected chi connectivity index (χ2v) is 9.09. The molecule has 30 heavy (non-hydrogen) atoms. The number of aryl methyl sites for hydroxylation is 1. The molecule has 1 aliphatic heterocycles. The third-order valence-corrected chi connectivity index (χ3v) is 6.95. The van der Waals surface area contributed by atoms with Crippen LogP contribution in [0.2, 0.25) is 0 Å². The molecule has 2 atom stereocenters. The minimum absolute atomic E-state index is 0.101. The molecule has 1 aromatic carbocycles. The first-order chi connectivity index (χ1) is 14.4. The van der Waals surface area contributed by atoms with E-state index < -0.39 is 5.92 Å². The monoisotopic (exact) mass is 427 g/mol. The molecule has 4 rings (SSSR count). The van der Waals surface area contributed by atoms with Crippen molar-refractivity contribution in [2.24, 2.45) is 11.8 Å². The number of carbonyl (C=O) groups excluding carboxylic acids is 3. The average molecular weight is 428 g/mol. The van der Waals surface area contributed by atoms with E-state index in [-0.39, 0.29) is 30.7 Å². The fourth-order valence-corrected chi connectivity index (χ4v) is 5.11. The van der Waals surface area contributed by atoms with Crippen molar-refractivity contribution in [3.8, 4) is 5.75 Å². The molecule has 0 unspecified atom stereocenters. The van der Waals surface area contributed by atoms with Crippen molar-refractivity contribution in [1.82, 2.24) is 10.9 Å². The van der Waals surface area contributed by atoms with Gasteiger partial charge in [-0.3, -0.25) is 25.2 Å². The number of amides is 3. The van der Waals surface area contributed by atoms with E-state index in [9.17, 15) is 14.4 Å². The van der Waals surface area contributed by atoms with Gasteiger partial charge in [0.15, 0.2) is 0 Å². The Bertz CT molecular complexity index is 987. The van der Waals surface area contributed by atoms with Gasteiger partial charge in [0.1, 0.15) is 5.75 Å². The van der Waals surface area contributed by atoms with Crippen molar-refractivity contribution < 1.29 is 19.1 Å². The molecule has 0 spiro atoms. The van der Waals surface area contributed by atoms with E-state index in [1.165, 1.54) is 21.8 Å². The van der Waals surface area contributed by atoms with Gasteiger partial charge in [0.25, 0.3) is 5.91 Å². The van der Waals surface area contributed by atoms with Crippen molar-refractivity contribution in [2.75, 3.05) is 18.6 Å². The normalized spacial score (nSPS) is 20.6. The molecular formula is C22H25N3O4S. The van der Waals surface area contributed by atoms with Crippen molar-refractivity contribution >= 4 is 34.7 Å². The van der Waals surface area contributed by atoms with Crippen molar-refractivity contribution in [3.05, 3.63) is 45.6 Å². The third kappa shape index (κ3) is 4.18. The molecule has 0 bridgehead atoms. The van der Waals surface area contributed by atoms with Crippen LogP contribution in [0.4, 0.5) is 5.69 Å². The lowest BCUT2D eigenvalue weighted by Gasteiger charge is -2.17. The maximum absolute atomic E-state index is 12.5. The van der Waals surface area contributed by atoms with Gasteiger partial charge in [-0.1, -0.05) is 13.0 Å². The molecule has 1 saturated heterocycles. The van der Waals surface area contributed by atoms with Crippen LogP contribution in [-0.4, -0.2) is 31.4 Å². The summed E-state index contributed by atoms with van der Waals surface area (Å²) in [5, 5.41) is 0. The number of carbonyl (C=O) groups is 3. The van der Waals surface area contributed by atoms with E-state index in [2.05, 4.69) is 17.8 Å². The minimum atomic E-state index is -0.526. The Hall–Kier alpha value is -2.87. The zero-order valence-corrected chi connectivity index (χ0v) is 17.9. The summed E-state index contributed by atoms with van der Waals surface area (Å²) in [4.78, 5) is 40.9. The highest BCUT2D eigenvalue weighted by Crippen LogP contribution is 2.32. The van der Waals surface area contributed by atoms with Crippen molar-refractivity contribution in [3.63, 3.8) is 0 Å². The molecule has 2 heterocycles. The molecule has 0 radical (unpaired) electrons. The highest BCUT2D eigenvalue weighted by molar-refractivity contribution is 7.14. The van der Waals surface area contributed by atoms with E-state index in [4.69, 9.17) is 4.74 Å². The smallest absolute Gasteiger partial charge is 0.279 e. The lowest BCUT2D eigenvalue weighted by atomic mass is 9.90. The van der Waals surface area contributed by atoms with Crippen LogP contribution in [0.1, 0.15) is 39.9 Å². The maximum Gasteiger partial charge on any atom is 0.279 e. The largest absolute Gasteiger partial charge is 0.497 e. The summed E-state index contributed by atoms with van der Waals surface area (Å²) in [5.41, 5.74) is 6.93. The highest BCUT2D eigenvalue weighted by atomic mass is 32.1. The zero-order chi connectivity index (χ0) is 21.3. The van der Waals surface area contributed by atoms with Crippen LogP contribution in [0.3, 0.4) is 0 Å². The molecule has 0 saturated carbocycles. The van der Waals surface area contributed by atoms with Gasteiger partial charge in [-0.25, -0.2) is 0 Å². The molecular weight excluding hydrogens is 402 g/mol. The summed E-state index contributed by atoms with van der Waals surface area (Å²) in [5.74, 6) is -0.0544. The number of benzene rings is 1. The van der Waals surface area contributed by atoms with E-state index >= 15 is 0 Å². The third-order valence-electron chi connectivity index (χ3n) is 5.71. The predicted molar refractivity (Wildman–Crippen MR) is 115 cm³/mol. The number of nitrogens with zero attached hydrogens (tertiary/aromatic N) is 1. The molecule has 2 N–H and O–H groups in total. The van der Waals surface area contributed by atoms with Crippen LogP contribution in [0.25, 0.3) is 0 Å². The Morgan fingerprint density at radius 3 is 2.83 bits per heavy atom. The molecule has 8 heteroatoms. The summed E-state index contributed by atoms with van der Waals surface area (Å²) in [6.07, 6.45) is 3.25. The molecule has 2 aromatic rings. The van der Waals surface area contributed by atoms with Gasteiger partial charge in [0.05, 0.1) is 17.9 Å². The summed E-state index contributed by atoms with van der Waals surface area (Å²) >= 11 is 1.49. The number of rotatable bonds is 4. The number of thiophene rings is 1. The number of fused-ring (bicyclic) bond motifs is 1. The Labute approximate surface area is 179 Å². The van der Waals surface area contributed by atoms with E-state index in [1.807, 2.05) is 12.1 Å². The van der Waals surface area contributed by atoms with Crippen LogP contribution in [-0.2, 0) is 22.4 Å². The number of hydrogen-bond donors (Lipinski definition) is 2. The Morgan fingerprint density at radius 1 is 1.20 bits per heavy atom. The molecule has 7 nitrogen and oxygen atoms in total. The first kappa shape index (κ1) is 20.4. The fourth-order valence-electron chi connectivity index (χ4n) is 4.01. The summed E-state index contributed by atoms with van der Waals surface area (Å²) in [6, 6.07) is 9.10. The highest BCUT2D eigenvalue weighted by Gasteiger charge is 2.35. The van der Waals surface area contributed by atoms with Gasteiger partial charge in [-0.2, -0.15) is 0 Å². The van der Waals surface area contributed by atoms with Gasteiger partial charge in [0, 0.05) is 29.6 Å². The van der Waals surface area contributed by atoms with Crippen molar-refractivity contribution in [1.29, 1.82) is 0 Å². The van der Waals surface area contributed by atoms with Gasteiger partial charge in [0.2, 0.25) is 11.8 Å². The van der Waals surface area contributed by atoms with Gasteiger partial charge < -0.3 is 9.64 Å². The second-order valence-electron chi connectivity index (χ2n) is 7.96. The molecule has 1 fully saturated rings. The van der Waals surface area contributed by atoms with Crippen LogP contribution < -0.4 is 20.5 Å². The van der Waals surface area contributed by atoms with Crippen molar-refractivity contribution in [2.45, 2.75) is 32.6 Å². The Morgan fingerprint density at radius 2 is 2.03 bits per heavy atom.